The molecule has 0 N–H and O–H groups in total. The first-order chi connectivity index (χ1) is 11.8. The summed E-state index contributed by atoms with van der Waals surface area (Å²) in [4.78, 5) is 27.7. The van der Waals surface area contributed by atoms with E-state index in [1.165, 1.54) is 10.4 Å². The van der Waals surface area contributed by atoms with Crippen molar-refractivity contribution in [1.82, 2.24) is 14.9 Å². The van der Waals surface area contributed by atoms with Gasteiger partial charge in [-0.2, -0.15) is 0 Å². The maximum Gasteiger partial charge on any atom is 0.410 e. The summed E-state index contributed by atoms with van der Waals surface area (Å²) in [5.41, 5.74) is 0.824. The Morgan fingerprint density at radius 2 is 1.92 bits per heavy atom. The largest absolute Gasteiger partial charge is 0.444 e. The quantitative estimate of drug-likeness (QED) is 0.817. The van der Waals surface area contributed by atoms with Crippen molar-refractivity contribution in [2.45, 2.75) is 46.6 Å². The number of carbonyl (C=O) groups excluding carboxylic acids is 1. The molecule has 1 aliphatic rings. The molecule has 1 amide bonds. The molecule has 6 nitrogen and oxygen atoms in total. The Labute approximate surface area is 152 Å². The van der Waals surface area contributed by atoms with E-state index in [1.54, 1.807) is 22.6 Å². The van der Waals surface area contributed by atoms with Gasteiger partial charge in [-0.05, 0) is 39.7 Å². The minimum Gasteiger partial charge on any atom is -0.444 e. The number of amides is 1. The van der Waals surface area contributed by atoms with Crippen molar-refractivity contribution in [3.8, 4) is 0 Å². The normalized spacial score (nSPS) is 15.7. The fourth-order valence-electron chi connectivity index (χ4n) is 3.10. The van der Waals surface area contributed by atoms with Gasteiger partial charge in [0.05, 0.1) is 5.39 Å². The number of aromatic nitrogens is 2. The molecule has 0 unspecified atom stereocenters. The Kier molecular flexibility index (Phi) is 4.86. The molecule has 0 spiro atoms. The Morgan fingerprint density at radius 3 is 2.52 bits per heavy atom. The van der Waals surface area contributed by atoms with Crippen LogP contribution >= 0.6 is 11.3 Å². The first-order valence-electron chi connectivity index (χ1n) is 8.76. The van der Waals surface area contributed by atoms with E-state index >= 15 is 0 Å². The Hall–Kier alpha value is -1.89. The first kappa shape index (κ1) is 17.9. The number of carbonyl (C=O) groups is 1. The summed E-state index contributed by atoms with van der Waals surface area (Å²) in [6, 6.07) is 0. The number of rotatable bonds is 2. The first-order valence-corrected chi connectivity index (χ1v) is 9.57. The van der Waals surface area contributed by atoms with Gasteiger partial charge < -0.3 is 14.5 Å². The van der Waals surface area contributed by atoms with Crippen LogP contribution < -0.4 is 4.90 Å². The van der Waals surface area contributed by atoms with Crippen molar-refractivity contribution in [3.05, 3.63) is 16.8 Å². The van der Waals surface area contributed by atoms with Gasteiger partial charge in [0.15, 0.2) is 0 Å². The lowest BCUT2D eigenvalue weighted by molar-refractivity contribution is 0.0240. The number of thiophene rings is 1. The van der Waals surface area contributed by atoms with Crippen LogP contribution in [0.5, 0.6) is 0 Å². The van der Waals surface area contributed by atoms with Gasteiger partial charge in [0.1, 0.15) is 22.6 Å². The van der Waals surface area contributed by atoms with Crippen molar-refractivity contribution in [1.29, 1.82) is 0 Å². The monoisotopic (exact) mass is 362 g/mol. The Balaban J connectivity index is 1.76. The van der Waals surface area contributed by atoms with E-state index in [-0.39, 0.29) is 6.09 Å². The van der Waals surface area contributed by atoms with Crippen molar-refractivity contribution in [2.24, 2.45) is 0 Å². The van der Waals surface area contributed by atoms with E-state index in [0.717, 1.165) is 35.5 Å². The molecule has 3 rings (SSSR count). The minimum absolute atomic E-state index is 0.236. The van der Waals surface area contributed by atoms with Crippen LogP contribution in [-0.4, -0.2) is 52.7 Å². The second-order valence-electron chi connectivity index (χ2n) is 7.34. The summed E-state index contributed by atoms with van der Waals surface area (Å²) in [5, 5.41) is 1.16. The van der Waals surface area contributed by atoms with E-state index < -0.39 is 5.60 Å². The summed E-state index contributed by atoms with van der Waals surface area (Å²) in [5.74, 6) is 0.988. The molecule has 136 valence electrons. The number of nitrogens with zero attached hydrogens (tertiary/aromatic N) is 4. The second-order valence-corrected chi connectivity index (χ2v) is 8.42. The summed E-state index contributed by atoms with van der Waals surface area (Å²) >= 11 is 1.75. The van der Waals surface area contributed by atoms with Crippen LogP contribution in [0.25, 0.3) is 10.2 Å². The molecule has 3 heterocycles. The summed E-state index contributed by atoms with van der Waals surface area (Å²) < 4.78 is 5.47. The fraction of sp³-hybridized carbons (Fsp3) is 0.611. The third-order valence-electron chi connectivity index (χ3n) is 4.36. The van der Waals surface area contributed by atoms with E-state index in [1.807, 2.05) is 20.8 Å². The lowest BCUT2D eigenvalue weighted by Gasteiger charge is -2.36. The third-order valence-corrected chi connectivity index (χ3v) is 5.70. The van der Waals surface area contributed by atoms with E-state index in [4.69, 9.17) is 4.74 Å². The maximum atomic E-state index is 12.2. The average Bonchev–Trinajstić information content (AvgIpc) is 2.90. The Bertz CT molecular complexity index is 773. The van der Waals surface area contributed by atoms with Crippen LogP contribution in [0.4, 0.5) is 10.6 Å². The van der Waals surface area contributed by atoms with Gasteiger partial charge in [-0.15, -0.1) is 11.3 Å². The van der Waals surface area contributed by atoms with Crippen molar-refractivity contribution < 1.29 is 9.53 Å². The van der Waals surface area contributed by atoms with Crippen LogP contribution in [0.3, 0.4) is 0 Å². The summed E-state index contributed by atoms with van der Waals surface area (Å²) in [6.07, 6.45) is 2.42. The molecular weight excluding hydrogens is 336 g/mol. The van der Waals surface area contributed by atoms with Gasteiger partial charge in [0.2, 0.25) is 0 Å². The number of ether oxygens (including phenoxy) is 1. The minimum atomic E-state index is -0.461. The van der Waals surface area contributed by atoms with E-state index in [0.29, 0.717) is 13.1 Å². The molecule has 1 aliphatic heterocycles. The van der Waals surface area contributed by atoms with Crippen LogP contribution in [0.15, 0.2) is 6.33 Å². The number of fused-ring (bicyclic) bond motifs is 1. The highest BCUT2D eigenvalue weighted by Gasteiger charge is 2.27. The van der Waals surface area contributed by atoms with E-state index in [2.05, 4.69) is 28.7 Å². The molecule has 0 bridgehead atoms. The molecule has 0 saturated carbocycles. The molecule has 2 aromatic rings. The predicted molar refractivity (Wildman–Crippen MR) is 102 cm³/mol. The topological polar surface area (TPSA) is 58.6 Å². The molecule has 1 fully saturated rings. The lowest BCUT2D eigenvalue weighted by Crippen LogP contribution is -2.50. The predicted octanol–water partition coefficient (Wildman–Crippen LogP) is 3.62. The molecule has 0 aromatic carbocycles. The number of aryl methyl sites for hydroxylation is 2. The highest BCUT2D eigenvalue weighted by Crippen LogP contribution is 2.35. The zero-order valence-corrected chi connectivity index (χ0v) is 16.4. The molecule has 1 saturated heterocycles. The third kappa shape index (κ3) is 3.71. The molecule has 7 heteroatoms. The van der Waals surface area contributed by atoms with Crippen molar-refractivity contribution in [2.75, 3.05) is 31.1 Å². The Morgan fingerprint density at radius 1 is 1.24 bits per heavy atom. The second kappa shape index (κ2) is 6.78. The van der Waals surface area contributed by atoms with Crippen molar-refractivity contribution >= 4 is 33.5 Å². The average molecular weight is 362 g/mol. The molecule has 25 heavy (non-hydrogen) atoms. The molecular formula is C18H26N4O2S. The van der Waals surface area contributed by atoms with Crippen LogP contribution in [-0.2, 0) is 11.2 Å². The zero-order valence-electron chi connectivity index (χ0n) is 15.6. The van der Waals surface area contributed by atoms with Gasteiger partial charge in [-0.25, -0.2) is 14.8 Å². The van der Waals surface area contributed by atoms with Gasteiger partial charge in [0.25, 0.3) is 0 Å². The molecule has 2 aromatic heterocycles. The summed E-state index contributed by atoms with van der Waals surface area (Å²) in [6.45, 7) is 12.8. The molecule has 0 radical (unpaired) electrons. The van der Waals surface area contributed by atoms with Gasteiger partial charge in [-0.1, -0.05) is 6.92 Å². The number of piperazine rings is 1. The SMILES string of the molecule is CCc1sc2ncnc(N3CCN(C(=O)OC(C)(C)C)CC3)c2c1C. The summed E-state index contributed by atoms with van der Waals surface area (Å²) in [7, 11) is 0. The van der Waals surface area contributed by atoms with Gasteiger partial charge in [0, 0.05) is 31.1 Å². The standard InChI is InChI=1S/C18H26N4O2S/c1-6-13-12(2)14-15(19-11-20-16(14)25-13)21-7-9-22(10-8-21)17(23)24-18(3,4)5/h11H,6-10H2,1-5H3. The lowest BCUT2D eigenvalue weighted by atomic mass is 10.1. The highest BCUT2D eigenvalue weighted by atomic mass is 32.1. The van der Waals surface area contributed by atoms with E-state index in [9.17, 15) is 4.79 Å². The molecule has 0 aliphatic carbocycles. The zero-order chi connectivity index (χ0) is 18.2. The van der Waals surface area contributed by atoms with Crippen LogP contribution in [0.1, 0.15) is 38.1 Å². The van der Waals surface area contributed by atoms with Crippen LogP contribution in [0, 0.1) is 6.92 Å². The van der Waals surface area contributed by atoms with Gasteiger partial charge >= 0.3 is 6.09 Å². The maximum absolute atomic E-state index is 12.2. The number of hydrogen-bond acceptors (Lipinski definition) is 6. The van der Waals surface area contributed by atoms with Gasteiger partial charge in [-0.3, -0.25) is 0 Å². The molecule has 0 atom stereocenters. The smallest absolute Gasteiger partial charge is 0.410 e. The number of anilines is 1. The highest BCUT2D eigenvalue weighted by molar-refractivity contribution is 7.18. The fourth-order valence-corrected chi connectivity index (χ4v) is 4.18. The van der Waals surface area contributed by atoms with Crippen molar-refractivity contribution in [3.63, 3.8) is 0 Å². The number of hydrogen-bond donors (Lipinski definition) is 0. The van der Waals surface area contributed by atoms with Crippen LogP contribution in [0.2, 0.25) is 0 Å².